The Labute approximate surface area is 199 Å². The highest BCUT2D eigenvalue weighted by molar-refractivity contribution is 5.98. The second-order valence-electron chi connectivity index (χ2n) is 8.28. The highest BCUT2D eigenvalue weighted by atomic mass is 16.1. The number of imidazole rings is 1. The van der Waals surface area contributed by atoms with Gasteiger partial charge in [-0.05, 0) is 25.1 Å². The van der Waals surface area contributed by atoms with E-state index >= 15 is 0 Å². The van der Waals surface area contributed by atoms with E-state index in [1.54, 1.807) is 31.1 Å². The van der Waals surface area contributed by atoms with Crippen molar-refractivity contribution in [2.45, 2.75) is 20.3 Å². The Morgan fingerprint density at radius 3 is 2.69 bits per heavy atom. The van der Waals surface area contributed by atoms with Crippen LogP contribution >= 0.6 is 0 Å². The van der Waals surface area contributed by atoms with Crippen molar-refractivity contribution < 1.29 is 4.79 Å². The van der Waals surface area contributed by atoms with Crippen LogP contribution < -0.4 is 5.32 Å². The molecule has 0 saturated heterocycles. The molecule has 35 heavy (non-hydrogen) atoms. The van der Waals surface area contributed by atoms with Crippen LogP contribution in [-0.4, -0.2) is 45.6 Å². The number of aromatic nitrogens is 8. The summed E-state index contributed by atoms with van der Waals surface area (Å²) in [7, 11) is 0. The Kier molecular flexibility index (Phi) is 4.84. The number of aryl methyl sites for hydroxylation is 1. The summed E-state index contributed by atoms with van der Waals surface area (Å²) in [6.45, 7) is 3.76. The number of rotatable bonds is 5. The van der Waals surface area contributed by atoms with Crippen LogP contribution in [0.25, 0.3) is 50.1 Å². The van der Waals surface area contributed by atoms with E-state index in [2.05, 4.69) is 46.5 Å². The Hall–Kier alpha value is -4.86. The molecule has 1 amide bonds. The zero-order valence-electron chi connectivity index (χ0n) is 19.1. The molecule has 0 radical (unpaired) electrons. The number of amides is 1. The van der Waals surface area contributed by atoms with Crippen molar-refractivity contribution in [3.63, 3.8) is 0 Å². The number of aromatic amines is 2. The summed E-state index contributed by atoms with van der Waals surface area (Å²) in [4.78, 5) is 32.8. The van der Waals surface area contributed by atoms with Crippen LogP contribution in [0.3, 0.4) is 0 Å². The van der Waals surface area contributed by atoms with Crippen molar-refractivity contribution in [1.82, 2.24) is 39.7 Å². The van der Waals surface area contributed by atoms with Gasteiger partial charge in [0.05, 0.1) is 53.2 Å². The Bertz CT molecular complexity index is 1710. The molecule has 0 bridgehead atoms. The van der Waals surface area contributed by atoms with Crippen LogP contribution in [0.4, 0.5) is 5.69 Å². The lowest BCUT2D eigenvalue weighted by Gasteiger charge is -2.06. The van der Waals surface area contributed by atoms with Gasteiger partial charge < -0.3 is 14.9 Å². The smallest absolute Gasteiger partial charge is 0.224 e. The highest BCUT2D eigenvalue weighted by Gasteiger charge is 2.15. The lowest BCUT2D eigenvalue weighted by Crippen LogP contribution is -2.09. The fraction of sp³-hybridized carbons (Fsp3) is 0.120. The van der Waals surface area contributed by atoms with E-state index < -0.39 is 0 Å². The summed E-state index contributed by atoms with van der Waals surface area (Å²) >= 11 is 0. The van der Waals surface area contributed by atoms with Gasteiger partial charge in [-0.2, -0.15) is 5.10 Å². The fourth-order valence-electron chi connectivity index (χ4n) is 4.10. The Morgan fingerprint density at radius 1 is 1.00 bits per heavy atom. The van der Waals surface area contributed by atoms with E-state index in [1.165, 1.54) is 0 Å². The first-order valence-corrected chi connectivity index (χ1v) is 11.2. The molecule has 0 saturated carbocycles. The molecule has 10 heteroatoms. The average molecular weight is 464 g/mol. The summed E-state index contributed by atoms with van der Waals surface area (Å²) < 4.78 is 1.96. The minimum atomic E-state index is -0.0619. The second kappa shape index (κ2) is 8.17. The summed E-state index contributed by atoms with van der Waals surface area (Å²) in [6, 6.07) is 5.97. The number of nitrogens with one attached hydrogen (secondary N) is 3. The van der Waals surface area contributed by atoms with Gasteiger partial charge in [-0.3, -0.25) is 19.9 Å². The predicted octanol–water partition coefficient (Wildman–Crippen LogP) is 4.41. The topological polar surface area (TPSA) is 130 Å². The SMILES string of the molecule is CCC(=O)Nc1cncc(-c2cnc3[nH]nc(-c4cc5c(-n6cnc(C)c6)cncc5[nH]4)c3c2)c1. The van der Waals surface area contributed by atoms with E-state index in [4.69, 9.17) is 0 Å². The van der Waals surface area contributed by atoms with Gasteiger partial charge >= 0.3 is 0 Å². The average Bonchev–Trinajstić information content (AvgIpc) is 3.61. The molecule has 0 fully saturated rings. The third kappa shape index (κ3) is 3.70. The molecule has 6 heterocycles. The van der Waals surface area contributed by atoms with Crippen LogP contribution in [0.5, 0.6) is 0 Å². The molecule has 6 aromatic rings. The molecule has 6 rings (SSSR count). The van der Waals surface area contributed by atoms with Crippen LogP contribution in [0, 0.1) is 6.92 Å². The van der Waals surface area contributed by atoms with E-state index in [9.17, 15) is 4.79 Å². The van der Waals surface area contributed by atoms with E-state index in [-0.39, 0.29) is 5.91 Å². The first-order valence-electron chi connectivity index (χ1n) is 11.2. The largest absolute Gasteiger partial charge is 0.352 e. The first kappa shape index (κ1) is 20.7. The van der Waals surface area contributed by atoms with Gasteiger partial charge in [-0.15, -0.1) is 0 Å². The number of H-pyrrole nitrogens is 2. The molecule has 3 N–H and O–H groups in total. The maximum atomic E-state index is 11.8. The number of nitrogens with zero attached hydrogens (tertiary/aromatic N) is 6. The summed E-state index contributed by atoms with van der Waals surface area (Å²) in [6.07, 6.45) is 12.9. The van der Waals surface area contributed by atoms with Gasteiger partial charge in [0.1, 0.15) is 5.69 Å². The highest BCUT2D eigenvalue weighted by Crippen LogP contribution is 2.32. The van der Waals surface area contributed by atoms with Gasteiger partial charge in [0.15, 0.2) is 5.65 Å². The number of hydrogen-bond donors (Lipinski definition) is 3. The van der Waals surface area contributed by atoms with Crippen LogP contribution in [0.2, 0.25) is 0 Å². The molecule has 0 atom stereocenters. The number of carbonyl (C=O) groups is 1. The Morgan fingerprint density at radius 2 is 1.86 bits per heavy atom. The number of carbonyl (C=O) groups excluding carboxylic acids is 1. The minimum absolute atomic E-state index is 0.0619. The molecular weight excluding hydrogens is 442 g/mol. The van der Waals surface area contributed by atoms with Crippen molar-refractivity contribution in [3.05, 3.63) is 67.4 Å². The molecule has 0 unspecified atom stereocenters. The molecule has 0 aromatic carbocycles. The lowest BCUT2D eigenvalue weighted by atomic mass is 10.1. The van der Waals surface area contributed by atoms with Gasteiger partial charge in [0.2, 0.25) is 5.91 Å². The second-order valence-corrected chi connectivity index (χ2v) is 8.28. The molecule has 0 spiro atoms. The molecule has 6 aromatic heterocycles. The van der Waals surface area contributed by atoms with Crippen LogP contribution in [-0.2, 0) is 4.79 Å². The minimum Gasteiger partial charge on any atom is -0.352 e. The van der Waals surface area contributed by atoms with Crippen molar-refractivity contribution in [2.24, 2.45) is 0 Å². The quantitative estimate of drug-likeness (QED) is 0.347. The third-order valence-electron chi connectivity index (χ3n) is 5.86. The molecule has 0 aliphatic rings. The molecule has 172 valence electrons. The van der Waals surface area contributed by atoms with Crippen LogP contribution in [0.15, 0.2) is 61.7 Å². The van der Waals surface area contributed by atoms with Gasteiger partial charge in [0.25, 0.3) is 0 Å². The molecule has 0 aliphatic carbocycles. The predicted molar refractivity (Wildman–Crippen MR) is 133 cm³/mol. The number of anilines is 1. The maximum absolute atomic E-state index is 11.8. The number of fused-ring (bicyclic) bond motifs is 2. The maximum Gasteiger partial charge on any atom is 0.224 e. The van der Waals surface area contributed by atoms with Crippen molar-refractivity contribution in [3.8, 4) is 28.2 Å². The van der Waals surface area contributed by atoms with E-state index in [1.807, 2.05) is 42.9 Å². The fourth-order valence-corrected chi connectivity index (χ4v) is 4.10. The van der Waals surface area contributed by atoms with Gasteiger partial charge in [-0.25, -0.2) is 9.97 Å². The van der Waals surface area contributed by atoms with Crippen molar-refractivity contribution in [1.29, 1.82) is 0 Å². The Balaban J connectivity index is 1.43. The molecule has 10 nitrogen and oxygen atoms in total. The number of hydrogen-bond acceptors (Lipinski definition) is 6. The summed E-state index contributed by atoms with van der Waals surface area (Å²) in [5.41, 5.74) is 7.39. The molecule has 0 aliphatic heterocycles. The number of pyridine rings is 3. The summed E-state index contributed by atoms with van der Waals surface area (Å²) in [5, 5.41) is 12.3. The monoisotopic (exact) mass is 463 g/mol. The third-order valence-corrected chi connectivity index (χ3v) is 5.86. The zero-order valence-corrected chi connectivity index (χ0v) is 19.1. The van der Waals surface area contributed by atoms with E-state index in [0.29, 0.717) is 17.8 Å². The first-order chi connectivity index (χ1) is 17.1. The summed E-state index contributed by atoms with van der Waals surface area (Å²) in [5.74, 6) is -0.0619. The van der Waals surface area contributed by atoms with Gasteiger partial charge in [-0.1, -0.05) is 6.92 Å². The zero-order chi connectivity index (χ0) is 23.9. The normalized spacial score (nSPS) is 11.4. The standard InChI is InChI=1S/C25H21N9O/c1-3-23(35)30-17-4-15(7-26-9-17)16-5-19-24(32-33-25(19)28-8-16)20-6-18-21(31-20)10-27-11-22(18)34-12-14(2)29-13-34/h4-13,31H,3H2,1-2H3,(H,30,35)(H,28,32,33). The van der Waals surface area contributed by atoms with Crippen molar-refractivity contribution >= 4 is 33.5 Å². The van der Waals surface area contributed by atoms with Gasteiger partial charge in [0, 0.05) is 46.9 Å². The molecular formula is C25H21N9O. The lowest BCUT2D eigenvalue weighted by molar-refractivity contribution is -0.115. The van der Waals surface area contributed by atoms with Crippen molar-refractivity contribution in [2.75, 3.05) is 5.32 Å². The van der Waals surface area contributed by atoms with Crippen LogP contribution in [0.1, 0.15) is 19.0 Å². The van der Waals surface area contributed by atoms with E-state index in [0.717, 1.165) is 50.2 Å².